The summed E-state index contributed by atoms with van der Waals surface area (Å²) in [7, 11) is 1.32. The molecule has 0 unspecified atom stereocenters. The predicted molar refractivity (Wildman–Crippen MR) is 112 cm³/mol. The fourth-order valence-corrected chi connectivity index (χ4v) is 2.45. The summed E-state index contributed by atoms with van der Waals surface area (Å²) >= 11 is 0. The Labute approximate surface area is 179 Å². The van der Waals surface area contributed by atoms with E-state index in [1.807, 2.05) is 6.92 Å². The standard InChI is InChI=1S/C18H25F3N4O2.HI/c1-3-22-17(24-9-8-23-16(26)12-4-5-12)25-11-13-6-7-14(27-2)10-15(13)18(19,20)21;/h6-7,10,12H,3-5,8-9,11H2,1-2H3,(H,23,26)(H2,22,24,25);1H. The van der Waals surface area contributed by atoms with Gasteiger partial charge in [-0.3, -0.25) is 4.79 Å². The normalized spacial score (nSPS) is 14.1. The second kappa shape index (κ2) is 11.3. The van der Waals surface area contributed by atoms with Gasteiger partial charge in [0, 0.05) is 25.6 Å². The van der Waals surface area contributed by atoms with E-state index in [-0.39, 0.29) is 53.7 Å². The van der Waals surface area contributed by atoms with Crippen LogP contribution in [0.15, 0.2) is 23.2 Å². The van der Waals surface area contributed by atoms with Crippen molar-refractivity contribution in [3.63, 3.8) is 0 Å². The lowest BCUT2D eigenvalue weighted by molar-refractivity contribution is -0.138. The van der Waals surface area contributed by atoms with Crippen LogP contribution in [0, 0.1) is 5.92 Å². The summed E-state index contributed by atoms with van der Waals surface area (Å²) in [5.41, 5.74) is -0.708. The molecule has 0 heterocycles. The van der Waals surface area contributed by atoms with Gasteiger partial charge < -0.3 is 20.7 Å². The number of nitrogens with one attached hydrogen (secondary N) is 3. The minimum Gasteiger partial charge on any atom is -0.497 e. The number of rotatable bonds is 8. The Morgan fingerprint density at radius 2 is 1.89 bits per heavy atom. The summed E-state index contributed by atoms with van der Waals surface area (Å²) in [5.74, 6) is 0.725. The molecule has 1 fully saturated rings. The first-order valence-corrected chi connectivity index (χ1v) is 8.89. The van der Waals surface area contributed by atoms with Gasteiger partial charge in [0.05, 0.1) is 19.2 Å². The molecule has 1 saturated carbocycles. The molecule has 0 radical (unpaired) electrons. The van der Waals surface area contributed by atoms with Crippen molar-refractivity contribution in [1.82, 2.24) is 16.0 Å². The van der Waals surface area contributed by atoms with Crippen molar-refractivity contribution < 1.29 is 22.7 Å². The summed E-state index contributed by atoms with van der Waals surface area (Å²) in [6.45, 7) is 3.15. The smallest absolute Gasteiger partial charge is 0.416 e. The third kappa shape index (κ3) is 7.72. The van der Waals surface area contributed by atoms with Crippen molar-refractivity contribution in [1.29, 1.82) is 0 Å². The molecule has 10 heteroatoms. The van der Waals surface area contributed by atoms with Crippen LogP contribution >= 0.6 is 24.0 Å². The van der Waals surface area contributed by atoms with Crippen LogP contribution < -0.4 is 20.7 Å². The van der Waals surface area contributed by atoms with E-state index in [0.717, 1.165) is 18.9 Å². The molecule has 1 aliphatic rings. The van der Waals surface area contributed by atoms with E-state index >= 15 is 0 Å². The first kappa shape index (κ1) is 24.3. The number of carbonyl (C=O) groups excluding carboxylic acids is 1. The zero-order chi connectivity index (χ0) is 19.9. The van der Waals surface area contributed by atoms with E-state index in [2.05, 4.69) is 20.9 Å². The van der Waals surface area contributed by atoms with Crippen LogP contribution in [0.2, 0.25) is 0 Å². The van der Waals surface area contributed by atoms with E-state index < -0.39 is 11.7 Å². The van der Waals surface area contributed by atoms with Gasteiger partial charge in [-0.25, -0.2) is 4.99 Å². The van der Waals surface area contributed by atoms with Crippen LogP contribution in [0.5, 0.6) is 5.75 Å². The summed E-state index contributed by atoms with van der Waals surface area (Å²) in [6, 6.07) is 3.82. The lowest BCUT2D eigenvalue weighted by Crippen LogP contribution is -2.41. The first-order chi connectivity index (χ1) is 12.8. The largest absolute Gasteiger partial charge is 0.497 e. The fourth-order valence-electron chi connectivity index (χ4n) is 2.45. The SMILES string of the molecule is CCNC(=NCc1ccc(OC)cc1C(F)(F)F)NCCNC(=O)C1CC1.I. The highest BCUT2D eigenvalue weighted by Crippen LogP contribution is 2.34. The van der Waals surface area contributed by atoms with Crippen LogP contribution in [-0.2, 0) is 17.5 Å². The van der Waals surface area contributed by atoms with Crippen LogP contribution in [0.1, 0.15) is 30.9 Å². The Morgan fingerprint density at radius 1 is 1.21 bits per heavy atom. The van der Waals surface area contributed by atoms with E-state index in [1.54, 1.807) is 0 Å². The number of benzene rings is 1. The molecule has 1 amide bonds. The van der Waals surface area contributed by atoms with E-state index in [4.69, 9.17) is 4.74 Å². The Morgan fingerprint density at radius 3 is 2.46 bits per heavy atom. The van der Waals surface area contributed by atoms with Gasteiger partial charge in [0.15, 0.2) is 5.96 Å². The van der Waals surface area contributed by atoms with Crippen molar-refractivity contribution in [2.24, 2.45) is 10.9 Å². The number of hydrogen-bond donors (Lipinski definition) is 3. The quantitative estimate of drug-likeness (QED) is 0.216. The van der Waals surface area contributed by atoms with Gasteiger partial charge >= 0.3 is 6.18 Å². The number of methoxy groups -OCH3 is 1. The van der Waals surface area contributed by atoms with Gasteiger partial charge in [0.25, 0.3) is 0 Å². The maximum absolute atomic E-state index is 13.3. The number of nitrogens with zero attached hydrogens (tertiary/aromatic N) is 1. The molecule has 28 heavy (non-hydrogen) atoms. The summed E-state index contributed by atoms with van der Waals surface area (Å²) < 4.78 is 44.6. The molecule has 1 aliphatic carbocycles. The van der Waals surface area contributed by atoms with Gasteiger partial charge in [0.1, 0.15) is 5.75 Å². The molecule has 0 saturated heterocycles. The van der Waals surface area contributed by atoms with Crippen molar-refractivity contribution in [3.05, 3.63) is 29.3 Å². The number of carbonyl (C=O) groups is 1. The molecule has 6 nitrogen and oxygen atoms in total. The third-order valence-corrected chi connectivity index (χ3v) is 4.04. The summed E-state index contributed by atoms with van der Waals surface area (Å²) in [4.78, 5) is 15.8. The molecule has 0 spiro atoms. The monoisotopic (exact) mass is 514 g/mol. The number of hydrogen-bond acceptors (Lipinski definition) is 3. The molecule has 1 aromatic rings. The highest BCUT2D eigenvalue weighted by atomic mass is 127. The second-order valence-electron chi connectivity index (χ2n) is 6.21. The highest BCUT2D eigenvalue weighted by Gasteiger charge is 2.33. The molecule has 3 N–H and O–H groups in total. The Kier molecular flexibility index (Phi) is 9.83. The molecular weight excluding hydrogens is 488 g/mol. The molecule has 2 rings (SSSR count). The van der Waals surface area contributed by atoms with Gasteiger partial charge in [0.2, 0.25) is 5.91 Å². The Hall–Kier alpha value is -1.72. The molecule has 0 aliphatic heterocycles. The molecule has 0 aromatic heterocycles. The van der Waals surface area contributed by atoms with E-state index in [9.17, 15) is 18.0 Å². The van der Waals surface area contributed by atoms with Crippen molar-refractivity contribution >= 4 is 35.8 Å². The fraction of sp³-hybridized carbons (Fsp3) is 0.556. The molecule has 1 aromatic carbocycles. The van der Waals surface area contributed by atoms with Gasteiger partial charge in [-0.05, 0) is 37.5 Å². The average Bonchev–Trinajstić information content (AvgIpc) is 3.47. The zero-order valence-electron chi connectivity index (χ0n) is 15.9. The van der Waals surface area contributed by atoms with Gasteiger partial charge in [-0.2, -0.15) is 13.2 Å². The first-order valence-electron chi connectivity index (χ1n) is 8.89. The topological polar surface area (TPSA) is 74.8 Å². The number of aliphatic imine (C=N–C) groups is 1. The van der Waals surface area contributed by atoms with Gasteiger partial charge in [-0.15, -0.1) is 24.0 Å². The van der Waals surface area contributed by atoms with E-state index in [0.29, 0.717) is 25.6 Å². The number of ether oxygens (including phenoxy) is 1. The van der Waals surface area contributed by atoms with Crippen molar-refractivity contribution in [3.8, 4) is 5.75 Å². The van der Waals surface area contributed by atoms with Crippen LogP contribution in [0.25, 0.3) is 0 Å². The molecule has 0 atom stereocenters. The summed E-state index contributed by atoms with van der Waals surface area (Å²) in [6.07, 6.45) is -2.61. The molecule has 158 valence electrons. The van der Waals surface area contributed by atoms with Crippen molar-refractivity contribution in [2.45, 2.75) is 32.5 Å². The van der Waals surface area contributed by atoms with Crippen molar-refractivity contribution in [2.75, 3.05) is 26.7 Å². The van der Waals surface area contributed by atoms with Gasteiger partial charge in [-0.1, -0.05) is 6.07 Å². The highest BCUT2D eigenvalue weighted by molar-refractivity contribution is 14.0. The number of guanidine groups is 1. The molecular formula is C18H26F3IN4O2. The maximum Gasteiger partial charge on any atom is 0.416 e. The predicted octanol–water partition coefficient (Wildman–Crippen LogP) is 2.91. The van der Waals surface area contributed by atoms with E-state index in [1.165, 1.54) is 19.2 Å². The minimum atomic E-state index is -4.49. The number of halogens is 4. The second-order valence-corrected chi connectivity index (χ2v) is 6.21. The summed E-state index contributed by atoms with van der Waals surface area (Å²) in [5, 5.41) is 8.79. The number of alkyl halides is 3. The number of amides is 1. The Bertz CT molecular complexity index is 679. The van der Waals surface area contributed by atoms with Crippen LogP contribution in [0.3, 0.4) is 0 Å². The van der Waals surface area contributed by atoms with Crippen LogP contribution in [-0.4, -0.2) is 38.6 Å². The minimum absolute atomic E-state index is 0. The maximum atomic E-state index is 13.3. The zero-order valence-corrected chi connectivity index (χ0v) is 18.2. The Balaban J connectivity index is 0.00000392. The third-order valence-electron chi connectivity index (χ3n) is 4.04. The molecule has 0 bridgehead atoms. The van der Waals surface area contributed by atoms with Crippen LogP contribution in [0.4, 0.5) is 13.2 Å². The lowest BCUT2D eigenvalue weighted by atomic mass is 10.1. The average molecular weight is 514 g/mol. The lowest BCUT2D eigenvalue weighted by Gasteiger charge is -2.15.